The van der Waals surface area contributed by atoms with Gasteiger partial charge in [0.15, 0.2) is 0 Å². The van der Waals surface area contributed by atoms with Crippen molar-refractivity contribution in [1.29, 1.82) is 0 Å². The van der Waals surface area contributed by atoms with Crippen molar-refractivity contribution in [3.8, 4) is 0 Å². The minimum atomic E-state index is -0.0935. The van der Waals surface area contributed by atoms with Crippen molar-refractivity contribution in [3.05, 3.63) is 45.8 Å². The van der Waals surface area contributed by atoms with Gasteiger partial charge in [-0.1, -0.05) is 62.1 Å². The Balaban J connectivity index is 1.42. The summed E-state index contributed by atoms with van der Waals surface area (Å²) in [6, 6.07) is 7.51. The predicted molar refractivity (Wildman–Crippen MR) is 139 cm³/mol. The average molecular weight is 512 g/mol. The van der Waals surface area contributed by atoms with Crippen LogP contribution in [0, 0.1) is 5.92 Å². The molecule has 3 rings (SSSR count). The van der Waals surface area contributed by atoms with Crippen LogP contribution in [0.5, 0.6) is 0 Å². The van der Waals surface area contributed by atoms with Gasteiger partial charge in [-0.15, -0.1) is 22.0 Å². The van der Waals surface area contributed by atoms with Gasteiger partial charge in [-0.2, -0.15) is 11.8 Å². The van der Waals surface area contributed by atoms with Crippen molar-refractivity contribution in [2.24, 2.45) is 5.92 Å². The highest BCUT2D eigenvalue weighted by atomic mass is 35.5. The lowest BCUT2D eigenvalue weighted by Gasteiger charge is -2.16. The molecular weight excluding hydrogens is 482 g/mol. The Bertz CT molecular complexity index is 876. The molecule has 5 nitrogen and oxygen atoms in total. The SMILES string of the molecule is CCCCC(CC)COC(=O)CCSC1C=CSC1c1nnc(Nc2ccc(Cl)cc2)s1. The molecule has 1 aliphatic heterocycles. The third-order valence-corrected chi connectivity index (χ3v) is 9.08. The summed E-state index contributed by atoms with van der Waals surface area (Å²) in [5.74, 6) is 1.13. The summed E-state index contributed by atoms with van der Waals surface area (Å²) >= 11 is 11.0. The molecule has 0 spiro atoms. The van der Waals surface area contributed by atoms with Crippen molar-refractivity contribution in [1.82, 2.24) is 10.2 Å². The molecule has 0 bridgehead atoms. The Hall–Kier alpha value is -1.22. The molecule has 9 heteroatoms. The molecule has 3 atom stereocenters. The van der Waals surface area contributed by atoms with Crippen molar-refractivity contribution in [3.63, 3.8) is 0 Å². The van der Waals surface area contributed by atoms with Gasteiger partial charge in [0, 0.05) is 21.7 Å². The summed E-state index contributed by atoms with van der Waals surface area (Å²) in [6.45, 7) is 4.91. The maximum absolute atomic E-state index is 12.2. The number of ether oxygens (including phenoxy) is 1. The van der Waals surface area contributed by atoms with Crippen LogP contribution in [0.3, 0.4) is 0 Å². The van der Waals surface area contributed by atoms with Crippen LogP contribution >= 0.6 is 46.5 Å². The molecule has 0 aliphatic carbocycles. The number of aromatic nitrogens is 2. The fraction of sp³-hybridized carbons (Fsp3) is 0.522. The maximum atomic E-state index is 12.2. The van der Waals surface area contributed by atoms with E-state index in [0.717, 1.165) is 34.4 Å². The summed E-state index contributed by atoms with van der Waals surface area (Å²) in [5.41, 5.74) is 0.929. The van der Waals surface area contributed by atoms with Crippen LogP contribution in [-0.4, -0.2) is 33.8 Å². The van der Waals surface area contributed by atoms with E-state index in [1.54, 1.807) is 34.9 Å². The average Bonchev–Trinajstić information content (AvgIpc) is 3.45. The summed E-state index contributed by atoms with van der Waals surface area (Å²) in [4.78, 5) is 12.2. The largest absolute Gasteiger partial charge is 0.465 e. The van der Waals surface area contributed by atoms with Crippen molar-refractivity contribution in [2.75, 3.05) is 17.7 Å². The standard InChI is InChI=1S/C23H30ClN3O2S3/c1-3-5-6-16(4-2)15-29-20(28)12-14-30-19-11-13-31-21(19)22-26-27-23(32-22)25-18-9-7-17(24)8-10-18/h7-11,13,16,19,21H,3-6,12,14-15H2,1-2H3,(H,25,27). The first kappa shape index (κ1) is 25.4. The van der Waals surface area contributed by atoms with Crippen LogP contribution in [0.4, 0.5) is 10.8 Å². The van der Waals surface area contributed by atoms with Gasteiger partial charge in [-0.05, 0) is 42.0 Å². The fourth-order valence-electron chi connectivity index (χ4n) is 3.24. The van der Waals surface area contributed by atoms with Crippen LogP contribution in [0.15, 0.2) is 35.7 Å². The van der Waals surface area contributed by atoms with E-state index >= 15 is 0 Å². The van der Waals surface area contributed by atoms with Gasteiger partial charge >= 0.3 is 5.97 Å². The molecule has 0 saturated heterocycles. The minimum absolute atomic E-state index is 0.0935. The zero-order chi connectivity index (χ0) is 22.8. The van der Waals surface area contributed by atoms with E-state index in [9.17, 15) is 4.79 Å². The smallest absolute Gasteiger partial charge is 0.306 e. The highest BCUT2D eigenvalue weighted by Gasteiger charge is 2.29. The molecule has 0 saturated carbocycles. The monoisotopic (exact) mass is 511 g/mol. The van der Waals surface area contributed by atoms with E-state index in [0.29, 0.717) is 24.0 Å². The van der Waals surface area contributed by atoms with Gasteiger partial charge in [0.05, 0.1) is 18.3 Å². The molecule has 1 aliphatic rings. The summed E-state index contributed by atoms with van der Waals surface area (Å²) in [5, 5.41) is 17.0. The van der Waals surface area contributed by atoms with Gasteiger partial charge in [0.2, 0.25) is 5.13 Å². The molecule has 0 radical (unpaired) electrons. The molecular formula is C23H30ClN3O2S3. The lowest BCUT2D eigenvalue weighted by Crippen LogP contribution is -2.15. The first-order valence-electron chi connectivity index (χ1n) is 11.0. The number of anilines is 2. The van der Waals surface area contributed by atoms with Crippen molar-refractivity contribution < 1.29 is 9.53 Å². The quantitative estimate of drug-likeness (QED) is 0.279. The van der Waals surface area contributed by atoms with Gasteiger partial charge in [0.25, 0.3) is 0 Å². The topological polar surface area (TPSA) is 64.1 Å². The second-order valence-corrected chi connectivity index (χ2v) is 11.4. The normalized spacial score (nSPS) is 18.6. The lowest BCUT2D eigenvalue weighted by atomic mass is 10.0. The number of benzene rings is 1. The molecule has 2 heterocycles. The Morgan fingerprint density at radius 1 is 1.28 bits per heavy atom. The Morgan fingerprint density at radius 2 is 2.09 bits per heavy atom. The number of hydrogen-bond donors (Lipinski definition) is 1. The van der Waals surface area contributed by atoms with E-state index < -0.39 is 0 Å². The third kappa shape index (κ3) is 7.97. The maximum Gasteiger partial charge on any atom is 0.306 e. The Morgan fingerprint density at radius 3 is 2.84 bits per heavy atom. The molecule has 0 fully saturated rings. The van der Waals surface area contributed by atoms with Crippen LogP contribution in [0.25, 0.3) is 0 Å². The van der Waals surface area contributed by atoms with E-state index in [2.05, 4.69) is 40.8 Å². The number of esters is 1. The van der Waals surface area contributed by atoms with E-state index in [-0.39, 0.29) is 16.5 Å². The zero-order valence-electron chi connectivity index (χ0n) is 18.5. The molecule has 174 valence electrons. The van der Waals surface area contributed by atoms with Gasteiger partial charge in [0.1, 0.15) is 5.01 Å². The molecule has 1 N–H and O–H groups in total. The summed E-state index contributed by atoms with van der Waals surface area (Å²) in [7, 11) is 0. The second kappa shape index (κ2) is 13.5. The van der Waals surface area contributed by atoms with Crippen molar-refractivity contribution >= 4 is 63.2 Å². The van der Waals surface area contributed by atoms with Gasteiger partial charge in [-0.3, -0.25) is 4.79 Å². The highest BCUT2D eigenvalue weighted by Crippen LogP contribution is 2.46. The predicted octanol–water partition coefficient (Wildman–Crippen LogP) is 7.49. The van der Waals surface area contributed by atoms with E-state index in [4.69, 9.17) is 16.3 Å². The number of thioether (sulfide) groups is 2. The summed E-state index contributed by atoms with van der Waals surface area (Å²) < 4.78 is 5.52. The number of nitrogens with zero attached hydrogens (tertiary/aromatic N) is 2. The first-order chi connectivity index (χ1) is 15.6. The number of unbranched alkanes of at least 4 members (excludes halogenated alkanes) is 1. The molecule has 32 heavy (non-hydrogen) atoms. The number of rotatable bonds is 13. The van der Waals surface area contributed by atoms with Crippen LogP contribution < -0.4 is 5.32 Å². The molecule has 2 aromatic rings. The number of carbonyl (C=O) groups is 1. The van der Waals surface area contributed by atoms with Gasteiger partial charge in [-0.25, -0.2) is 0 Å². The number of hydrogen-bond acceptors (Lipinski definition) is 8. The molecule has 1 aromatic carbocycles. The number of carbonyl (C=O) groups excluding carboxylic acids is 1. The zero-order valence-corrected chi connectivity index (χ0v) is 21.7. The second-order valence-electron chi connectivity index (χ2n) is 7.65. The molecule has 3 unspecified atom stereocenters. The number of nitrogens with one attached hydrogen (secondary N) is 1. The fourth-order valence-corrected chi connectivity index (χ4v) is 6.98. The Labute approximate surface area is 208 Å². The minimum Gasteiger partial charge on any atom is -0.465 e. The van der Waals surface area contributed by atoms with Crippen molar-refractivity contribution in [2.45, 2.75) is 56.5 Å². The third-order valence-electron chi connectivity index (χ3n) is 5.21. The van der Waals surface area contributed by atoms with Crippen LogP contribution in [-0.2, 0) is 9.53 Å². The Kier molecular flexibility index (Phi) is 10.7. The highest BCUT2D eigenvalue weighted by molar-refractivity contribution is 8.06. The lowest BCUT2D eigenvalue weighted by molar-refractivity contribution is -0.144. The summed E-state index contributed by atoms with van der Waals surface area (Å²) in [6.07, 6.45) is 7.21. The van der Waals surface area contributed by atoms with E-state index in [1.165, 1.54) is 12.8 Å². The molecule has 1 aromatic heterocycles. The number of halogens is 1. The first-order valence-corrected chi connectivity index (χ1v) is 14.2. The van der Waals surface area contributed by atoms with Gasteiger partial charge < -0.3 is 10.1 Å². The van der Waals surface area contributed by atoms with Crippen LogP contribution in [0.1, 0.15) is 56.2 Å². The van der Waals surface area contributed by atoms with E-state index in [1.807, 2.05) is 24.3 Å². The molecule has 0 amide bonds. The van der Waals surface area contributed by atoms with Crippen LogP contribution in [0.2, 0.25) is 5.02 Å².